The molecular weight excluding hydrogens is 454 g/mol. The van der Waals surface area contributed by atoms with Crippen molar-refractivity contribution in [2.45, 2.75) is 45.2 Å². The van der Waals surface area contributed by atoms with E-state index in [9.17, 15) is 14.4 Å². The molecule has 35 heavy (non-hydrogen) atoms. The lowest BCUT2D eigenvalue weighted by molar-refractivity contribution is -0.122. The van der Waals surface area contributed by atoms with Gasteiger partial charge in [0.1, 0.15) is 0 Å². The largest absolute Gasteiger partial charge is 0.483 e. The lowest BCUT2D eigenvalue weighted by atomic mass is 10.1. The second kappa shape index (κ2) is 11.6. The van der Waals surface area contributed by atoms with Gasteiger partial charge < -0.3 is 26.0 Å². The number of rotatable bonds is 6. The Kier molecular flexibility index (Phi) is 8.63. The number of anilines is 1. The van der Waals surface area contributed by atoms with Crippen molar-refractivity contribution < 1.29 is 24.3 Å². The van der Waals surface area contributed by atoms with Crippen molar-refractivity contribution in [3.8, 4) is 0 Å². The van der Waals surface area contributed by atoms with Gasteiger partial charge in [0.15, 0.2) is 5.69 Å². The van der Waals surface area contributed by atoms with Gasteiger partial charge in [0, 0.05) is 49.3 Å². The number of amides is 4. The lowest BCUT2D eigenvalue weighted by Gasteiger charge is -2.31. The van der Waals surface area contributed by atoms with Crippen molar-refractivity contribution >= 4 is 41.0 Å². The Morgan fingerprint density at radius 2 is 1.80 bits per heavy atom. The molecule has 4 rings (SSSR count). The second-order valence-corrected chi connectivity index (χ2v) is 8.65. The van der Waals surface area contributed by atoms with Crippen LogP contribution in [0.2, 0.25) is 0 Å². The summed E-state index contributed by atoms with van der Waals surface area (Å²) in [5.41, 5.74) is 1.30. The molecule has 2 aliphatic heterocycles. The number of carbonyl (C=O) groups excluding carboxylic acids is 3. The molecular formula is C23H33N7O5. The van der Waals surface area contributed by atoms with E-state index in [1.54, 1.807) is 18.2 Å². The number of likely N-dealkylation sites (N-methyl/N-ethyl adjacent to an activating group) is 1. The Labute approximate surface area is 203 Å². The predicted molar refractivity (Wildman–Crippen MR) is 131 cm³/mol. The van der Waals surface area contributed by atoms with Gasteiger partial charge in [-0.25, -0.2) is 9.59 Å². The van der Waals surface area contributed by atoms with Crippen LogP contribution in [-0.4, -0.2) is 94.4 Å². The number of benzene rings is 1. The minimum atomic E-state index is -0.375. The first-order valence-electron chi connectivity index (χ1n) is 11.8. The Balaban J connectivity index is 0.00000108. The number of nitrogens with zero attached hydrogens (tertiary/aromatic N) is 4. The number of nitrogens with one attached hydrogen (secondary N) is 3. The molecule has 12 heteroatoms. The summed E-state index contributed by atoms with van der Waals surface area (Å²) in [5.74, 6) is -0.176. The number of fused-ring (bicyclic) bond motifs is 3. The summed E-state index contributed by atoms with van der Waals surface area (Å²) in [7, 11) is 2.08. The highest BCUT2D eigenvalue weighted by atomic mass is 16.3. The Morgan fingerprint density at radius 3 is 2.40 bits per heavy atom. The third kappa shape index (κ3) is 5.70. The van der Waals surface area contributed by atoms with Crippen LogP contribution in [0, 0.1) is 0 Å². The first-order chi connectivity index (χ1) is 16.8. The molecule has 2 atom stereocenters. The topological polar surface area (TPSA) is 149 Å². The maximum Gasteiger partial charge on any atom is 0.342 e. The molecule has 1 aromatic heterocycles. The van der Waals surface area contributed by atoms with E-state index in [-0.39, 0.29) is 36.2 Å². The normalized spacial score (nSPS) is 18.7. The van der Waals surface area contributed by atoms with Crippen molar-refractivity contribution in [1.82, 2.24) is 30.2 Å². The van der Waals surface area contributed by atoms with E-state index >= 15 is 0 Å². The second-order valence-electron chi connectivity index (χ2n) is 8.65. The molecule has 12 nitrogen and oxygen atoms in total. The summed E-state index contributed by atoms with van der Waals surface area (Å²) >= 11 is 0. The first-order valence-corrected chi connectivity index (χ1v) is 11.8. The molecule has 4 N–H and O–H groups in total. The average molecular weight is 488 g/mol. The van der Waals surface area contributed by atoms with E-state index in [0.717, 1.165) is 25.8 Å². The number of carboxylic acid groups (broad SMARTS) is 1. The number of piperazine rings is 1. The van der Waals surface area contributed by atoms with Crippen molar-refractivity contribution in [2.24, 2.45) is 0 Å². The molecule has 2 fully saturated rings. The van der Waals surface area contributed by atoms with E-state index in [1.165, 1.54) is 4.68 Å². The van der Waals surface area contributed by atoms with Crippen LogP contribution in [0.1, 0.15) is 43.6 Å². The monoisotopic (exact) mass is 487 g/mol. The fourth-order valence-electron chi connectivity index (χ4n) is 4.48. The molecule has 1 aromatic carbocycles. The maximum absolute atomic E-state index is 13.5. The van der Waals surface area contributed by atoms with Gasteiger partial charge in [-0.05, 0) is 44.5 Å². The lowest BCUT2D eigenvalue weighted by Crippen LogP contribution is -2.47. The molecule has 3 heterocycles. The molecule has 2 aliphatic rings. The molecule has 0 radical (unpaired) electrons. The number of likely N-dealkylation sites (tertiary alicyclic amines) is 2. The summed E-state index contributed by atoms with van der Waals surface area (Å²) in [6, 6.07) is 4.97. The SMILES string of the molecule is CCCNC(=O)Nc1ccc2c(c1)c(C(=O)N1CC3CC1CN3C)nn2C(=O)NCCC.O=CO. The fraction of sp³-hybridized carbons (Fsp3) is 0.522. The number of hydrogen-bond donors (Lipinski definition) is 4. The molecule has 0 spiro atoms. The zero-order valence-electron chi connectivity index (χ0n) is 20.3. The zero-order valence-corrected chi connectivity index (χ0v) is 20.3. The molecule has 2 bridgehead atoms. The third-order valence-corrected chi connectivity index (χ3v) is 6.17. The van der Waals surface area contributed by atoms with Gasteiger partial charge in [-0.1, -0.05) is 13.8 Å². The van der Waals surface area contributed by atoms with Crippen LogP contribution in [0.15, 0.2) is 18.2 Å². The standard InChI is InChI=1S/C22H31N7O3.CH2O2/c1-4-8-23-21(31)25-14-6-7-18-17(10-14)19(26-29(18)22(32)24-9-5-2)20(30)28-13-15-11-16(28)12-27(15)3;2-1-3/h6-7,10,15-16H,4-5,8-9,11-13H2,1-3H3,(H,24,32)(H2,23,25,31);1H,(H,2,3). The summed E-state index contributed by atoms with van der Waals surface area (Å²) in [6.45, 7) is 6.29. The van der Waals surface area contributed by atoms with Gasteiger partial charge in [-0.2, -0.15) is 9.78 Å². The van der Waals surface area contributed by atoms with Crippen LogP contribution in [-0.2, 0) is 4.79 Å². The number of hydrogen-bond acceptors (Lipinski definition) is 6. The third-order valence-electron chi connectivity index (χ3n) is 6.17. The molecule has 190 valence electrons. The van der Waals surface area contributed by atoms with Crippen LogP contribution >= 0.6 is 0 Å². The zero-order chi connectivity index (χ0) is 25.5. The first kappa shape index (κ1) is 25.9. The number of urea groups is 1. The van der Waals surface area contributed by atoms with Crippen molar-refractivity contribution in [2.75, 3.05) is 38.5 Å². The summed E-state index contributed by atoms with van der Waals surface area (Å²) in [6.07, 6.45) is 2.59. The summed E-state index contributed by atoms with van der Waals surface area (Å²) in [5, 5.41) is 20.2. The highest BCUT2D eigenvalue weighted by Crippen LogP contribution is 2.32. The molecule has 4 amide bonds. The van der Waals surface area contributed by atoms with E-state index < -0.39 is 0 Å². The van der Waals surface area contributed by atoms with Gasteiger partial charge in [0.05, 0.1) is 5.52 Å². The average Bonchev–Trinajstić information content (AvgIpc) is 3.53. The number of carbonyl (C=O) groups is 4. The highest BCUT2D eigenvalue weighted by Gasteiger charge is 2.44. The van der Waals surface area contributed by atoms with Gasteiger partial charge in [0.25, 0.3) is 12.4 Å². The van der Waals surface area contributed by atoms with Gasteiger partial charge in [0.2, 0.25) is 0 Å². The maximum atomic E-state index is 13.5. The van der Waals surface area contributed by atoms with Gasteiger partial charge >= 0.3 is 12.1 Å². The van der Waals surface area contributed by atoms with Gasteiger partial charge in [-0.3, -0.25) is 14.5 Å². The number of aromatic nitrogens is 2. The van der Waals surface area contributed by atoms with E-state index in [0.29, 0.717) is 42.3 Å². The molecule has 2 saturated heterocycles. The Morgan fingerprint density at radius 1 is 1.11 bits per heavy atom. The quantitative estimate of drug-likeness (QED) is 0.454. The van der Waals surface area contributed by atoms with E-state index in [4.69, 9.17) is 9.90 Å². The minimum absolute atomic E-state index is 0.160. The Hall–Kier alpha value is -3.67. The van der Waals surface area contributed by atoms with Crippen LogP contribution in [0.25, 0.3) is 10.9 Å². The smallest absolute Gasteiger partial charge is 0.342 e. The van der Waals surface area contributed by atoms with Gasteiger partial charge in [-0.15, -0.1) is 0 Å². The summed E-state index contributed by atoms with van der Waals surface area (Å²) in [4.78, 5) is 50.8. The van der Waals surface area contributed by atoms with E-state index in [2.05, 4.69) is 33.0 Å². The van der Waals surface area contributed by atoms with Crippen molar-refractivity contribution in [3.05, 3.63) is 23.9 Å². The Bertz CT molecular complexity index is 1080. The predicted octanol–water partition coefficient (Wildman–Crippen LogP) is 1.76. The van der Waals surface area contributed by atoms with Crippen LogP contribution in [0.3, 0.4) is 0 Å². The van der Waals surface area contributed by atoms with Crippen LogP contribution in [0.4, 0.5) is 15.3 Å². The molecule has 2 aromatic rings. The minimum Gasteiger partial charge on any atom is -0.483 e. The molecule has 0 aliphatic carbocycles. The summed E-state index contributed by atoms with van der Waals surface area (Å²) < 4.78 is 1.25. The van der Waals surface area contributed by atoms with Crippen molar-refractivity contribution in [3.63, 3.8) is 0 Å². The molecule has 2 unspecified atom stereocenters. The van der Waals surface area contributed by atoms with Crippen LogP contribution in [0.5, 0.6) is 0 Å². The molecule has 0 saturated carbocycles. The van der Waals surface area contributed by atoms with Crippen LogP contribution < -0.4 is 16.0 Å². The van der Waals surface area contributed by atoms with E-state index in [1.807, 2.05) is 18.7 Å². The highest BCUT2D eigenvalue weighted by molar-refractivity contribution is 6.08. The fourth-order valence-corrected chi connectivity index (χ4v) is 4.48. The van der Waals surface area contributed by atoms with Crippen molar-refractivity contribution in [1.29, 1.82) is 0 Å².